The molecule has 6 heteroatoms. The maximum atomic E-state index is 6.07. The monoisotopic (exact) mass is 440 g/mol. The second-order valence-corrected chi connectivity index (χ2v) is 9.16. The van der Waals surface area contributed by atoms with Crippen LogP contribution < -0.4 is 16.8 Å². The second-order valence-electron chi connectivity index (χ2n) is 9.16. The summed E-state index contributed by atoms with van der Waals surface area (Å²) in [6.45, 7) is 9.19. The predicted octanol–water partition coefficient (Wildman–Crippen LogP) is 5.23. The number of aromatic nitrogens is 2. The number of nitrogen functional groups attached to an aromatic ring is 2. The van der Waals surface area contributed by atoms with E-state index in [-0.39, 0.29) is 0 Å². The Kier molecular flexibility index (Phi) is 11.3. The number of anilines is 2. The number of hydrogen-bond donors (Lipinski definition) is 3. The zero-order valence-electron chi connectivity index (χ0n) is 20.7. The topological polar surface area (TPSA) is 93.1 Å². The lowest BCUT2D eigenvalue weighted by atomic mass is 10.0. The summed E-state index contributed by atoms with van der Waals surface area (Å²) in [4.78, 5) is 11.2. The largest absolute Gasteiger partial charge is 0.383 e. The zero-order chi connectivity index (χ0) is 23.3. The number of hydrogen-bond acceptors (Lipinski definition) is 6. The molecule has 0 unspecified atom stereocenters. The van der Waals surface area contributed by atoms with Crippen LogP contribution in [0.25, 0.3) is 5.70 Å². The molecule has 178 valence electrons. The van der Waals surface area contributed by atoms with Crippen LogP contribution in [-0.2, 0) is 0 Å². The maximum absolute atomic E-state index is 6.07. The average Bonchev–Trinajstić information content (AvgIpc) is 2.76. The molecule has 1 aliphatic rings. The molecule has 0 radical (unpaired) electrons. The molecule has 1 aliphatic carbocycles. The highest BCUT2D eigenvalue weighted by atomic mass is 15.1. The summed E-state index contributed by atoms with van der Waals surface area (Å²) < 4.78 is 0. The van der Waals surface area contributed by atoms with Crippen LogP contribution in [-0.4, -0.2) is 41.5 Å². The van der Waals surface area contributed by atoms with E-state index in [4.69, 9.17) is 11.5 Å². The van der Waals surface area contributed by atoms with Crippen molar-refractivity contribution in [3.63, 3.8) is 0 Å². The van der Waals surface area contributed by atoms with E-state index in [0.29, 0.717) is 23.0 Å². The molecule has 0 aliphatic heterocycles. The molecule has 6 nitrogen and oxygen atoms in total. The zero-order valence-corrected chi connectivity index (χ0v) is 20.7. The second kappa shape index (κ2) is 13.9. The van der Waals surface area contributed by atoms with E-state index in [2.05, 4.69) is 59.3 Å². The van der Waals surface area contributed by atoms with Gasteiger partial charge < -0.3 is 21.7 Å². The maximum Gasteiger partial charge on any atom is 0.154 e. The molecule has 0 saturated heterocycles. The minimum Gasteiger partial charge on any atom is -0.383 e. The van der Waals surface area contributed by atoms with E-state index in [0.717, 1.165) is 30.8 Å². The van der Waals surface area contributed by atoms with Crippen LogP contribution in [0.15, 0.2) is 29.4 Å². The van der Waals surface area contributed by atoms with Gasteiger partial charge in [0, 0.05) is 6.54 Å². The highest BCUT2D eigenvalue weighted by molar-refractivity contribution is 5.71. The summed E-state index contributed by atoms with van der Waals surface area (Å²) in [5.74, 6) is 0.768. The Morgan fingerprint density at radius 3 is 2.38 bits per heavy atom. The van der Waals surface area contributed by atoms with E-state index < -0.39 is 0 Å². The highest BCUT2D eigenvalue weighted by Crippen LogP contribution is 2.21. The molecule has 0 bridgehead atoms. The van der Waals surface area contributed by atoms with Crippen LogP contribution in [0.5, 0.6) is 0 Å². The molecule has 0 saturated carbocycles. The van der Waals surface area contributed by atoms with Gasteiger partial charge in [-0.05, 0) is 85.9 Å². The van der Waals surface area contributed by atoms with Gasteiger partial charge in [0.1, 0.15) is 11.5 Å². The van der Waals surface area contributed by atoms with Crippen molar-refractivity contribution in [2.24, 2.45) is 0 Å². The van der Waals surface area contributed by atoms with Gasteiger partial charge in [-0.15, -0.1) is 0 Å². The molecule has 1 aromatic rings. The van der Waals surface area contributed by atoms with E-state index in [1.165, 1.54) is 57.9 Å². The number of rotatable bonds is 14. The molecule has 0 amide bonds. The van der Waals surface area contributed by atoms with E-state index in [1.54, 1.807) is 5.57 Å². The molecule has 0 aromatic carbocycles. The fourth-order valence-electron chi connectivity index (χ4n) is 3.98. The minimum atomic E-state index is 0.378. The van der Waals surface area contributed by atoms with Gasteiger partial charge in [0.15, 0.2) is 5.82 Å². The lowest BCUT2D eigenvalue weighted by molar-refractivity contribution is 0.316. The molecule has 0 fully saturated rings. The molecule has 1 heterocycles. The Hall–Kier alpha value is -2.34. The van der Waals surface area contributed by atoms with Gasteiger partial charge in [0.25, 0.3) is 0 Å². The smallest absolute Gasteiger partial charge is 0.154 e. The van der Waals surface area contributed by atoms with E-state index >= 15 is 0 Å². The number of nitrogens with two attached hydrogens (primary N) is 2. The van der Waals surface area contributed by atoms with E-state index in [9.17, 15) is 0 Å². The summed E-state index contributed by atoms with van der Waals surface area (Å²) in [6, 6.07) is 0. The van der Waals surface area contributed by atoms with Gasteiger partial charge in [0.2, 0.25) is 0 Å². The van der Waals surface area contributed by atoms with Crippen LogP contribution in [0, 0.1) is 6.92 Å². The van der Waals surface area contributed by atoms with Crippen molar-refractivity contribution in [2.45, 2.75) is 78.6 Å². The van der Waals surface area contributed by atoms with Crippen molar-refractivity contribution in [1.82, 2.24) is 20.2 Å². The summed E-state index contributed by atoms with van der Waals surface area (Å²) in [6.07, 6.45) is 18.3. The highest BCUT2D eigenvalue weighted by Gasteiger charge is 2.13. The van der Waals surface area contributed by atoms with Crippen LogP contribution in [0.4, 0.5) is 11.6 Å². The average molecular weight is 441 g/mol. The quantitative estimate of drug-likeness (QED) is 0.343. The van der Waals surface area contributed by atoms with Crippen molar-refractivity contribution in [1.29, 1.82) is 0 Å². The number of unbranched alkanes of at least 4 members (excludes halogenated alkanes) is 4. The lowest BCUT2D eigenvalue weighted by Gasteiger charge is -2.18. The summed E-state index contributed by atoms with van der Waals surface area (Å²) in [5.41, 5.74) is 17.0. The lowest BCUT2D eigenvalue weighted by Crippen LogP contribution is -2.23. The third kappa shape index (κ3) is 9.03. The first kappa shape index (κ1) is 25.9. The van der Waals surface area contributed by atoms with Gasteiger partial charge in [0.05, 0.1) is 11.4 Å². The molecule has 0 spiro atoms. The van der Waals surface area contributed by atoms with Crippen molar-refractivity contribution >= 4 is 17.3 Å². The summed E-state index contributed by atoms with van der Waals surface area (Å²) in [7, 11) is 2.24. The van der Waals surface area contributed by atoms with Crippen LogP contribution in [0.1, 0.15) is 83.0 Å². The van der Waals surface area contributed by atoms with Gasteiger partial charge in [-0.2, -0.15) is 0 Å². The Bertz CT molecular complexity index is 805. The molecule has 5 N–H and O–H groups in total. The van der Waals surface area contributed by atoms with E-state index in [1.807, 2.05) is 6.92 Å². The van der Waals surface area contributed by atoms with Crippen molar-refractivity contribution < 1.29 is 0 Å². The van der Waals surface area contributed by atoms with Crippen molar-refractivity contribution in [3.8, 4) is 0 Å². The third-order valence-electron chi connectivity index (χ3n) is 5.97. The fraction of sp³-hybridized carbons (Fsp3) is 0.615. The number of nitrogens with zero attached hydrogens (tertiary/aromatic N) is 3. The first-order valence-electron chi connectivity index (χ1n) is 12.2. The standard InChI is InChI=1S/C26H44N6/c1-20(2)23(24-26(28)31-25(27)21(3)30-24)29-17-11-13-19-32(4)18-12-6-5-8-14-22-15-9-7-10-16-22/h9,15-16,29H,5-8,10-14,17-19H2,1-4H3,(H4,27,28,31). The Labute approximate surface area is 195 Å². The molecular weight excluding hydrogens is 396 g/mol. The Morgan fingerprint density at radius 2 is 1.69 bits per heavy atom. The molecule has 2 rings (SSSR count). The first-order chi connectivity index (χ1) is 15.4. The molecule has 1 aromatic heterocycles. The van der Waals surface area contributed by atoms with Crippen LogP contribution in [0.3, 0.4) is 0 Å². The Morgan fingerprint density at radius 1 is 0.969 bits per heavy atom. The van der Waals surface area contributed by atoms with Crippen molar-refractivity contribution in [2.75, 3.05) is 38.1 Å². The first-order valence-corrected chi connectivity index (χ1v) is 12.2. The van der Waals surface area contributed by atoms with Gasteiger partial charge in [-0.25, -0.2) is 9.97 Å². The van der Waals surface area contributed by atoms with Crippen LogP contribution in [0.2, 0.25) is 0 Å². The third-order valence-corrected chi connectivity index (χ3v) is 5.97. The summed E-state index contributed by atoms with van der Waals surface area (Å²) >= 11 is 0. The van der Waals surface area contributed by atoms with Gasteiger partial charge in [-0.3, -0.25) is 0 Å². The number of nitrogens with one attached hydrogen (secondary N) is 1. The van der Waals surface area contributed by atoms with Gasteiger partial charge >= 0.3 is 0 Å². The minimum absolute atomic E-state index is 0.378. The SMILES string of the molecule is CC(C)=C(NCCCCN(C)CCCCCCC1=CCCC=C1)c1nc(C)c(N)nc1N. The molecule has 0 atom stereocenters. The number of aryl methyl sites for hydroxylation is 1. The van der Waals surface area contributed by atoms with Gasteiger partial charge in [-0.1, -0.05) is 42.2 Å². The molecule has 32 heavy (non-hydrogen) atoms. The van der Waals surface area contributed by atoms with Crippen LogP contribution >= 0.6 is 0 Å². The Balaban J connectivity index is 1.58. The fourth-order valence-corrected chi connectivity index (χ4v) is 3.98. The van der Waals surface area contributed by atoms with Crippen molar-refractivity contribution in [3.05, 3.63) is 40.8 Å². The predicted molar refractivity (Wildman–Crippen MR) is 138 cm³/mol. The summed E-state index contributed by atoms with van der Waals surface area (Å²) in [5, 5.41) is 3.52. The normalized spacial score (nSPS) is 13.3. The number of allylic oxidation sites excluding steroid dienone is 5. The molecular formula is C26H44N6.